The van der Waals surface area contributed by atoms with Crippen LogP contribution in [0.4, 0.5) is 5.69 Å². The summed E-state index contributed by atoms with van der Waals surface area (Å²) >= 11 is 5.72. The summed E-state index contributed by atoms with van der Waals surface area (Å²) in [6.07, 6.45) is 0. The third-order valence-corrected chi connectivity index (χ3v) is 2.68. The molecule has 96 valence electrons. The van der Waals surface area contributed by atoms with Gasteiger partial charge in [-0.25, -0.2) is 0 Å². The summed E-state index contributed by atoms with van der Waals surface area (Å²) in [6.45, 7) is 4.70. The van der Waals surface area contributed by atoms with E-state index in [1.54, 1.807) is 6.07 Å². The van der Waals surface area contributed by atoms with Crippen LogP contribution in [0.3, 0.4) is 0 Å². The highest BCUT2D eigenvalue weighted by Crippen LogP contribution is 2.27. The van der Waals surface area contributed by atoms with Crippen LogP contribution in [0.2, 0.25) is 5.02 Å². The van der Waals surface area contributed by atoms with Crippen LogP contribution in [0.5, 0.6) is 0 Å². The number of nitro benzene ring substituents is 1. The Balaban J connectivity index is 2.97. The van der Waals surface area contributed by atoms with Crippen LogP contribution in [0.15, 0.2) is 18.2 Å². The Morgan fingerprint density at radius 2 is 2.22 bits per heavy atom. The molecule has 1 N–H and O–H groups in total. The molecule has 0 bridgehead atoms. The van der Waals surface area contributed by atoms with Crippen molar-refractivity contribution in [2.45, 2.75) is 19.9 Å². The molecule has 0 saturated heterocycles. The minimum Gasteiger partial charge on any atom is -0.298 e. The second-order valence-electron chi connectivity index (χ2n) is 4.33. The monoisotopic (exact) mass is 267 g/mol. The van der Waals surface area contributed by atoms with Crippen molar-refractivity contribution in [2.24, 2.45) is 5.92 Å². The minimum atomic E-state index is -0.566. The van der Waals surface area contributed by atoms with Crippen molar-refractivity contribution in [3.05, 3.63) is 38.9 Å². The SMILES string of the molecule is CC(C)CNC(C#N)c1ccc(Cl)c([N+](=O)[O-])c1. The molecule has 1 unspecified atom stereocenters. The Kier molecular flexibility index (Phi) is 5.08. The van der Waals surface area contributed by atoms with Gasteiger partial charge in [0.2, 0.25) is 0 Å². The standard InChI is InChI=1S/C12H14ClN3O2/c1-8(2)7-15-11(6-14)9-3-4-10(13)12(5-9)16(17)18/h3-5,8,11,15H,7H2,1-2H3. The Morgan fingerprint density at radius 3 is 2.72 bits per heavy atom. The number of nitro groups is 1. The molecule has 0 aromatic heterocycles. The predicted octanol–water partition coefficient (Wildman–Crippen LogP) is 3.06. The number of halogens is 1. The Bertz CT molecular complexity index is 483. The molecule has 1 aromatic rings. The van der Waals surface area contributed by atoms with Crippen LogP contribution >= 0.6 is 11.6 Å². The van der Waals surface area contributed by atoms with E-state index in [1.807, 2.05) is 13.8 Å². The summed E-state index contributed by atoms with van der Waals surface area (Å²) in [7, 11) is 0. The number of benzene rings is 1. The van der Waals surface area contributed by atoms with Gasteiger partial charge >= 0.3 is 0 Å². The zero-order chi connectivity index (χ0) is 13.7. The highest BCUT2D eigenvalue weighted by Gasteiger charge is 2.17. The molecule has 0 fully saturated rings. The zero-order valence-electron chi connectivity index (χ0n) is 10.2. The third kappa shape index (κ3) is 3.69. The van der Waals surface area contributed by atoms with E-state index in [-0.39, 0.29) is 10.7 Å². The average Bonchev–Trinajstić information content (AvgIpc) is 2.31. The highest BCUT2D eigenvalue weighted by molar-refractivity contribution is 6.32. The number of hydrogen-bond donors (Lipinski definition) is 1. The summed E-state index contributed by atoms with van der Waals surface area (Å²) in [4.78, 5) is 10.2. The minimum absolute atomic E-state index is 0.0734. The molecule has 0 aliphatic rings. The van der Waals surface area contributed by atoms with Gasteiger partial charge in [0, 0.05) is 6.07 Å². The second kappa shape index (κ2) is 6.34. The smallest absolute Gasteiger partial charge is 0.288 e. The number of nitriles is 1. The van der Waals surface area contributed by atoms with Gasteiger partial charge in [-0.3, -0.25) is 15.4 Å². The summed E-state index contributed by atoms with van der Waals surface area (Å²) < 4.78 is 0. The van der Waals surface area contributed by atoms with Gasteiger partial charge in [-0.2, -0.15) is 5.26 Å². The fourth-order valence-corrected chi connectivity index (χ4v) is 1.63. The molecule has 0 amide bonds. The molecule has 0 aliphatic heterocycles. The van der Waals surface area contributed by atoms with Crippen molar-refractivity contribution in [1.29, 1.82) is 5.26 Å². The first kappa shape index (κ1) is 14.4. The first-order valence-corrected chi connectivity index (χ1v) is 5.90. The lowest BCUT2D eigenvalue weighted by atomic mass is 10.1. The average molecular weight is 268 g/mol. The molecule has 1 atom stereocenters. The molecular weight excluding hydrogens is 254 g/mol. The maximum absolute atomic E-state index is 10.8. The van der Waals surface area contributed by atoms with Crippen LogP contribution in [-0.2, 0) is 0 Å². The fourth-order valence-electron chi connectivity index (χ4n) is 1.44. The maximum Gasteiger partial charge on any atom is 0.288 e. The fraction of sp³-hybridized carbons (Fsp3) is 0.417. The Morgan fingerprint density at radius 1 is 1.56 bits per heavy atom. The molecule has 0 radical (unpaired) electrons. The molecule has 18 heavy (non-hydrogen) atoms. The van der Waals surface area contributed by atoms with Gasteiger partial charge in [0.1, 0.15) is 11.1 Å². The molecular formula is C12H14ClN3O2. The third-order valence-electron chi connectivity index (χ3n) is 2.36. The van der Waals surface area contributed by atoms with Gasteiger partial charge in [0.05, 0.1) is 11.0 Å². The number of rotatable bonds is 5. The molecule has 0 saturated carbocycles. The molecule has 0 heterocycles. The molecule has 0 spiro atoms. The van der Waals surface area contributed by atoms with E-state index in [4.69, 9.17) is 16.9 Å². The summed E-state index contributed by atoms with van der Waals surface area (Å²) in [5.74, 6) is 0.392. The summed E-state index contributed by atoms with van der Waals surface area (Å²) in [5.41, 5.74) is 0.370. The second-order valence-corrected chi connectivity index (χ2v) is 4.74. The molecule has 5 nitrogen and oxygen atoms in total. The Labute approximate surface area is 111 Å². The summed E-state index contributed by atoms with van der Waals surface area (Å²) in [5, 5.41) is 23.0. The van der Waals surface area contributed by atoms with E-state index in [1.165, 1.54) is 12.1 Å². The van der Waals surface area contributed by atoms with E-state index in [9.17, 15) is 10.1 Å². The lowest BCUT2D eigenvalue weighted by Gasteiger charge is -2.13. The van der Waals surface area contributed by atoms with Crippen molar-refractivity contribution >= 4 is 17.3 Å². The van der Waals surface area contributed by atoms with Crippen LogP contribution in [0.1, 0.15) is 25.5 Å². The van der Waals surface area contributed by atoms with E-state index in [0.29, 0.717) is 18.0 Å². The maximum atomic E-state index is 10.8. The van der Waals surface area contributed by atoms with Gasteiger partial charge in [-0.15, -0.1) is 0 Å². The quantitative estimate of drug-likeness (QED) is 0.657. The van der Waals surface area contributed by atoms with E-state index >= 15 is 0 Å². The van der Waals surface area contributed by atoms with Gasteiger partial charge in [-0.1, -0.05) is 31.5 Å². The highest BCUT2D eigenvalue weighted by atomic mass is 35.5. The molecule has 0 aliphatic carbocycles. The van der Waals surface area contributed by atoms with Crippen molar-refractivity contribution in [2.75, 3.05) is 6.54 Å². The first-order chi connectivity index (χ1) is 8.45. The predicted molar refractivity (Wildman–Crippen MR) is 69.3 cm³/mol. The zero-order valence-corrected chi connectivity index (χ0v) is 10.9. The van der Waals surface area contributed by atoms with Crippen LogP contribution in [0, 0.1) is 27.4 Å². The van der Waals surface area contributed by atoms with E-state index in [2.05, 4.69) is 11.4 Å². The van der Waals surface area contributed by atoms with Crippen molar-refractivity contribution in [3.63, 3.8) is 0 Å². The topological polar surface area (TPSA) is 79.0 Å². The number of hydrogen-bond acceptors (Lipinski definition) is 4. The molecule has 1 rings (SSSR count). The first-order valence-electron chi connectivity index (χ1n) is 5.52. The van der Waals surface area contributed by atoms with Crippen LogP contribution in [-0.4, -0.2) is 11.5 Å². The van der Waals surface area contributed by atoms with Crippen molar-refractivity contribution in [1.82, 2.24) is 5.32 Å². The lowest BCUT2D eigenvalue weighted by molar-refractivity contribution is -0.384. The molecule has 1 aromatic carbocycles. The van der Waals surface area contributed by atoms with Gasteiger partial charge < -0.3 is 0 Å². The van der Waals surface area contributed by atoms with Crippen molar-refractivity contribution < 1.29 is 4.92 Å². The van der Waals surface area contributed by atoms with E-state index < -0.39 is 11.0 Å². The number of nitrogens with one attached hydrogen (secondary N) is 1. The van der Waals surface area contributed by atoms with Crippen LogP contribution in [0.25, 0.3) is 0 Å². The van der Waals surface area contributed by atoms with Gasteiger partial charge in [0.15, 0.2) is 0 Å². The van der Waals surface area contributed by atoms with Gasteiger partial charge in [0.25, 0.3) is 5.69 Å². The van der Waals surface area contributed by atoms with E-state index in [0.717, 1.165) is 0 Å². The Hall–Kier alpha value is -1.64. The molecule has 6 heteroatoms. The number of nitrogens with zero attached hydrogens (tertiary/aromatic N) is 2. The van der Waals surface area contributed by atoms with Crippen molar-refractivity contribution in [3.8, 4) is 6.07 Å². The largest absolute Gasteiger partial charge is 0.298 e. The van der Waals surface area contributed by atoms with Gasteiger partial charge in [-0.05, 0) is 24.1 Å². The summed E-state index contributed by atoms with van der Waals surface area (Å²) in [6, 6.07) is 5.92. The van der Waals surface area contributed by atoms with Crippen LogP contribution < -0.4 is 5.32 Å². The normalized spacial score (nSPS) is 12.2. The lowest BCUT2D eigenvalue weighted by Crippen LogP contribution is -2.24.